The Morgan fingerprint density at radius 2 is 1.56 bits per heavy atom. The molecule has 3 N–H and O–H groups in total. The Balaban J connectivity index is 2.89. The predicted octanol–water partition coefficient (Wildman–Crippen LogP) is 2.87. The van der Waals surface area contributed by atoms with Crippen LogP contribution >= 0.6 is 0 Å². The molecule has 3 atom stereocenters. The van der Waals surface area contributed by atoms with Gasteiger partial charge in [0.2, 0.25) is 5.91 Å². The summed E-state index contributed by atoms with van der Waals surface area (Å²) < 4.78 is 16.5. The van der Waals surface area contributed by atoms with Gasteiger partial charge in [0, 0.05) is 0 Å². The third-order valence-corrected chi connectivity index (χ3v) is 4.08. The van der Waals surface area contributed by atoms with Crippen LogP contribution in [0.3, 0.4) is 0 Å². The van der Waals surface area contributed by atoms with Gasteiger partial charge in [0.05, 0.1) is 23.9 Å². The molecule has 0 aliphatic carbocycles. The lowest BCUT2D eigenvalue weighted by molar-refractivity contribution is -0.147. The molecule has 0 saturated carbocycles. The molecular weight excluding hydrogens is 416 g/mol. The van der Waals surface area contributed by atoms with E-state index in [9.17, 15) is 19.5 Å². The lowest BCUT2D eigenvalue weighted by Gasteiger charge is -2.31. The van der Waals surface area contributed by atoms with E-state index in [0.717, 1.165) is 5.56 Å². The minimum Gasteiger partial charge on any atom is -0.480 e. The molecule has 0 spiro atoms. The van der Waals surface area contributed by atoms with E-state index in [1.165, 1.54) is 0 Å². The molecule has 0 radical (unpaired) electrons. The van der Waals surface area contributed by atoms with Crippen molar-refractivity contribution in [3.05, 3.63) is 35.9 Å². The molecule has 0 unspecified atom stereocenters. The molecule has 0 fully saturated rings. The van der Waals surface area contributed by atoms with E-state index in [1.807, 2.05) is 39.0 Å². The monoisotopic (exact) mass is 452 g/mol. The molecule has 180 valence electrons. The summed E-state index contributed by atoms with van der Waals surface area (Å²) in [6.07, 6.45) is -1.59. The Kier molecular flexibility index (Phi) is 10.1. The predicted molar refractivity (Wildman–Crippen MR) is 119 cm³/mol. The van der Waals surface area contributed by atoms with Crippen LogP contribution in [-0.4, -0.2) is 59.1 Å². The van der Waals surface area contributed by atoms with Gasteiger partial charge in [0.1, 0.15) is 12.6 Å². The fourth-order valence-electron chi connectivity index (χ4n) is 2.68. The molecule has 9 heteroatoms. The standard InChI is InChI=1S/C23H36N2O7/c1-15(32-23(5,6)7)18(25-21(29)30-13-16-11-9-8-10-12-16)19(26)24-17(20(27)28)14-31-22(2,3)4/h8-12,15,17-18H,13-14H2,1-7H3,(H,24,26)(H,25,29)(H,27,28)/t15-,17+,18+/m0/s1. The van der Waals surface area contributed by atoms with E-state index < -0.39 is 47.4 Å². The van der Waals surface area contributed by atoms with Crippen LogP contribution in [-0.2, 0) is 30.4 Å². The van der Waals surface area contributed by atoms with Crippen LogP contribution in [0.25, 0.3) is 0 Å². The molecule has 1 aromatic rings. The van der Waals surface area contributed by atoms with Crippen molar-refractivity contribution < 1.29 is 33.7 Å². The summed E-state index contributed by atoms with van der Waals surface area (Å²) in [5.41, 5.74) is -0.400. The number of nitrogens with one attached hydrogen (secondary N) is 2. The van der Waals surface area contributed by atoms with Crippen LogP contribution in [0.5, 0.6) is 0 Å². The second kappa shape index (κ2) is 11.8. The van der Waals surface area contributed by atoms with Crippen LogP contribution in [0.15, 0.2) is 30.3 Å². The Hall–Kier alpha value is -2.65. The molecule has 2 amide bonds. The second-order valence-electron chi connectivity index (χ2n) is 9.44. The molecule has 0 heterocycles. The zero-order chi connectivity index (χ0) is 24.5. The lowest BCUT2D eigenvalue weighted by atomic mass is 10.1. The zero-order valence-corrected chi connectivity index (χ0v) is 19.9. The number of carbonyl (C=O) groups excluding carboxylic acids is 2. The summed E-state index contributed by atoms with van der Waals surface area (Å²) >= 11 is 0. The van der Waals surface area contributed by atoms with Crippen molar-refractivity contribution in [3.63, 3.8) is 0 Å². The Bertz CT molecular complexity index is 754. The molecule has 32 heavy (non-hydrogen) atoms. The highest BCUT2D eigenvalue weighted by atomic mass is 16.6. The number of hydrogen-bond acceptors (Lipinski definition) is 6. The molecule has 1 rings (SSSR count). The van der Waals surface area contributed by atoms with Crippen molar-refractivity contribution in [3.8, 4) is 0 Å². The topological polar surface area (TPSA) is 123 Å². The van der Waals surface area contributed by atoms with Gasteiger partial charge in [-0.3, -0.25) is 4.79 Å². The van der Waals surface area contributed by atoms with Crippen LogP contribution in [0.2, 0.25) is 0 Å². The van der Waals surface area contributed by atoms with Crippen molar-refractivity contribution >= 4 is 18.0 Å². The first kappa shape index (κ1) is 27.4. The van der Waals surface area contributed by atoms with Crippen LogP contribution in [0.4, 0.5) is 4.79 Å². The molecule has 0 aromatic heterocycles. The number of hydrogen-bond donors (Lipinski definition) is 3. The summed E-state index contributed by atoms with van der Waals surface area (Å²) in [7, 11) is 0. The highest BCUT2D eigenvalue weighted by molar-refractivity contribution is 5.89. The molecular formula is C23H36N2O7. The maximum atomic E-state index is 12.9. The maximum absolute atomic E-state index is 12.9. The number of carboxylic acid groups (broad SMARTS) is 1. The molecule has 0 aliphatic heterocycles. The third kappa shape index (κ3) is 11.1. The van der Waals surface area contributed by atoms with E-state index >= 15 is 0 Å². The van der Waals surface area contributed by atoms with E-state index in [4.69, 9.17) is 14.2 Å². The fourth-order valence-corrected chi connectivity index (χ4v) is 2.68. The number of alkyl carbamates (subject to hydrolysis) is 1. The summed E-state index contributed by atoms with van der Waals surface area (Å²) in [4.78, 5) is 36.9. The van der Waals surface area contributed by atoms with Gasteiger partial charge >= 0.3 is 12.1 Å². The van der Waals surface area contributed by atoms with E-state index in [0.29, 0.717) is 0 Å². The van der Waals surface area contributed by atoms with Crippen LogP contribution < -0.4 is 10.6 Å². The van der Waals surface area contributed by atoms with Crippen LogP contribution in [0.1, 0.15) is 54.0 Å². The van der Waals surface area contributed by atoms with Gasteiger partial charge in [-0.1, -0.05) is 30.3 Å². The maximum Gasteiger partial charge on any atom is 0.408 e. The van der Waals surface area contributed by atoms with E-state index in [-0.39, 0.29) is 13.2 Å². The number of rotatable bonds is 10. The largest absolute Gasteiger partial charge is 0.480 e. The van der Waals surface area contributed by atoms with Crippen molar-refractivity contribution in [2.75, 3.05) is 6.61 Å². The summed E-state index contributed by atoms with van der Waals surface area (Å²) in [6.45, 7) is 12.2. The van der Waals surface area contributed by atoms with Gasteiger partial charge in [0.15, 0.2) is 6.04 Å². The van der Waals surface area contributed by atoms with Crippen LogP contribution in [0, 0.1) is 0 Å². The van der Waals surface area contributed by atoms with Gasteiger partial charge < -0.3 is 30.0 Å². The minimum absolute atomic E-state index is 0.0205. The first-order valence-corrected chi connectivity index (χ1v) is 10.5. The summed E-state index contributed by atoms with van der Waals surface area (Å²) in [5.74, 6) is -1.97. The Morgan fingerprint density at radius 3 is 2.06 bits per heavy atom. The van der Waals surface area contributed by atoms with Gasteiger partial charge in [-0.2, -0.15) is 0 Å². The summed E-state index contributed by atoms with van der Waals surface area (Å²) in [6, 6.07) is 6.60. The average molecular weight is 453 g/mol. The minimum atomic E-state index is -1.30. The number of carboxylic acids is 1. The molecule has 0 saturated heterocycles. The van der Waals surface area contributed by atoms with Gasteiger partial charge in [0.25, 0.3) is 0 Å². The number of aliphatic carboxylic acids is 1. The molecule has 1 aromatic carbocycles. The molecule has 9 nitrogen and oxygen atoms in total. The van der Waals surface area contributed by atoms with Gasteiger partial charge in [-0.15, -0.1) is 0 Å². The SMILES string of the molecule is C[C@H](OC(C)(C)C)[C@@H](NC(=O)OCc1ccccc1)C(=O)N[C@H](COC(C)(C)C)C(=O)O. The van der Waals surface area contributed by atoms with Crippen molar-refractivity contribution in [2.45, 2.75) is 84.5 Å². The van der Waals surface area contributed by atoms with Gasteiger partial charge in [-0.25, -0.2) is 9.59 Å². The Morgan fingerprint density at radius 1 is 0.969 bits per heavy atom. The second-order valence-corrected chi connectivity index (χ2v) is 9.44. The first-order chi connectivity index (χ1) is 14.7. The first-order valence-electron chi connectivity index (χ1n) is 10.5. The van der Waals surface area contributed by atoms with Gasteiger partial charge in [-0.05, 0) is 54.0 Å². The van der Waals surface area contributed by atoms with Crippen molar-refractivity contribution in [1.29, 1.82) is 0 Å². The molecule has 0 aliphatic rings. The normalized spacial score (nSPS) is 14.7. The average Bonchev–Trinajstić information content (AvgIpc) is 2.66. The highest BCUT2D eigenvalue weighted by Crippen LogP contribution is 2.14. The zero-order valence-electron chi connectivity index (χ0n) is 19.9. The summed E-state index contributed by atoms with van der Waals surface area (Å²) in [5, 5.41) is 14.4. The number of carbonyl (C=O) groups is 3. The third-order valence-electron chi connectivity index (χ3n) is 4.08. The number of amides is 2. The quantitative estimate of drug-likeness (QED) is 0.499. The highest BCUT2D eigenvalue weighted by Gasteiger charge is 2.34. The smallest absolute Gasteiger partial charge is 0.408 e. The lowest BCUT2D eigenvalue weighted by Crippen LogP contribution is -2.58. The fraction of sp³-hybridized carbons (Fsp3) is 0.609. The van der Waals surface area contributed by atoms with Crippen molar-refractivity contribution in [1.82, 2.24) is 10.6 Å². The number of ether oxygens (including phenoxy) is 3. The molecule has 0 bridgehead atoms. The van der Waals surface area contributed by atoms with E-state index in [2.05, 4.69) is 10.6 Å². The van der Waals surface area contributed by atoms with Crippen molar-refractivity contribution in [2.24, 2.45) is 0 Å². The number of benzene rings is 1. The Labute approximate surface area is 189 Å². The van der Waals surface area contributed by atoms with E-state index in [1.54, 1.807) is 39.8 Å².